The Labute approximate surface area is 118 Å². The topological polar surface area (TPSA) is 114 Å². The van der Waals surface area contributed by atoms with E-state index < -0.39 is 16.5 Å². The van der Waals surface area contributed by atoms with Gasteiger partial charge < -0.3 is 5.32 Å². The van der Waals surface area contributed by atoms with Crippen molar-refractivity contribution >= 4 is 23.2 Å². The average Bonchev–Trinajstić information content (AvgIpc) is 2.80. The summed E-state index contributed by atoms with van der Waals surface area (Å²) in [5.74, 6) is -0.596. The Balaban J connectivity index is 2.20. The van der Waals surface area contributed by atoms with Crippen LogP contribution in [0.2, 0.25) is 5.15 Å². The lowest BCUT2D eigenvalue weighted by molar-refractivity contribution is -0.385. The van der Waals surface area contributed by atoms with Crippen LogP contribution in [0.15, 0.2) is 18.5 Å². The molecule has 1 amide bonds. The second-order valence-corrected chi connectivity index (χ2v) is 4.32. The number of nitrogens with one attached hydrogen (secondary N) is 2. The summed E-state index contributed by atoms with van der Waals surface area (Å²) in [7, 11) is 0. The van der Waals surface area contributed by atoms with Gasteiger partial charge in [0.15, 0.2) is 0 Å². The first-order valence-corrected chi connectivity index (χ1v) is 5.94. The van der Waals surface area contributed by atoms with Crippen molar-refractivity contribution < 1.29 is 9.72 Å². The number of rotatable bonds is 4. The predicted octanol–water partition coefficient (Wildman–Crippen LogP) is 1.60. The lowest BCUT2D eigenvalue weighted by atomic mass is 10.2. The van der Waals surface area contributed by atoms with Crippen molar-refractivity contribution in [3.8, 4) is 0 Å². The summed E-state index contributed by atoms with van der Waals surface area (Å²) < 4.78 is 0. The van der Waals surface area contributed by atoms with Crippen LogP contribution in [0, 0.1) is 17.0 Å². The quantitative estimate of drug-likeness (QED) is 0.505. The number of aryl methyl sites for hydroxylation is 1. The monoisotopic (exact) mass is 295 g/mol. The van der Waals surface area contributed by atoms with Crippen molar-refractivity contribution in [3.63, 3.8) is 0 Å². The van der Waals surface area contributed by atoms with Crippen LogP contribution < -0.4 is 5.32 Å². The molecule has 2 rings (SSSR count). The molecular weight excluding hydrogens is 286 g/mol. The summed E-state index contributed by atoms with van der Waals surface area (Å²) in [6.07, 6.45) is 2.82. The summed E-state index contributed by atoms with van der Waals surface area (Å²) in [6, 6.07) is 1.25. The number of H-pyrrole nitrogens is 1. The molecule has 0 saturated heterocycles. The molecule has 0 spiro atoms. The smallest absolute Gasteiger partial charge is 0.319 e. The van der Waals surface area contributed by atoms with Gasteiger partial charge in [0.1, 0.15) is 5.56 Å². The number of amides is 1. The van der Waals surface area contributed by atoms with E-state index in [9.17, 15) is 14.9 Å². The third-order valence-electron chi connectivity index (χ3n) is 2.68. The largest absolute Gasteiger partial charge is 0.348 e. The highest BCUT2D eigenvalue weighted by molar-refractivity contribution is 6.32. The lowest BCUT2D eigenvalue weighted by Gasteiger charge is -2.05. The fraction of sp³-hybridized carbons (Fsp3) is 0.182. The highest BCUT2D eigenvalue weighted by Gasteiger charge is 2.24. The van der Waals surface area contributed by atoms with Gasteiger partial charge in [0, 0.05) is 24.0 Å². The molecule has 20 heavy (non-hydrogen) atoms. The molecular formula is C11H10ClN5O3. The Kier molecular flexibility index (Phi) is 3.94. The zero-order valence-corrected chi connectivity index (χ0v) is 11.1. The number of halogens is 1. The Morgan fingerprint density at radius 3 is 2.95 bits per heavy atom. The standard InChI is InChI=1S/C11H10ClN5O3/c1-6-7(5-15-16-6)4-14-11(18)8-2-3-13-10(12)9(8)17(19)20/h2-3,5H,4H2,1H3,(H,14,18)(H,15,16). The zero-order chi connectivity index (χ0) is 14.7. The fourth-order valence-electron chi connectivity index (χ4n) is 1.61. The maximum Gasteiger partial charge on any atom is 0.319 e. The highest BCUT2D eigenvalue weighted by Crippen LogP contribution is 2.25. The molecule has 0 fully saturated rings. The maximum absolute atomic E-state index is 12.0. The van der Waals surface area contributed by atoms with E-state index >= 15 is 0 Å². The van der Waals surface area contributed by atoms with Gasteiger partial charge >= 0.3 is 5.69 Å². The molecule has 104 valence electrons. The van der Waals surface area contributed by atoms with Crippen LogP contribution in [0.5, 0.6) is 0 Å². The Hall–Kier alpha value is -2.48. The van der Waals surface area contributed by atoms with E-state index in [-0.39, 0.29) is 17.3 Å². The van der Waals surface area contributed by atoms with Gasteiger partial charge in [-0.1, -0.05) is 11.6 Å². The molecule has 2 N–H and O–H groups in total. The number of nitro groups is 1. The summed E-state index contributed by atoms with van der Waals surface area (Å²) in [4.78, 5) is 25.8. The number of carbonyl (C=O) groups excluding carboxylic acids is 1. The first-order chi connectivity index (χ1) is 9.50. The van der Waals surface area contributed by atoms with Gasteiger partial charge in [-0.05, 0) is 13.0 Å². The summed E-state index contributed by atoms with van der Waals surface area (Å²) in [5, 5.41) is 19.7. The number of hydrogen-bond donors (Lipinski definition) is 2. The predicted molar refractivity (Wildman–Crippen MR) is 70.4 cm³/mol. The van der Waals surface area contributed by atoms with Crippen molar-refractivity contribution in [2.24, 2.45) is 0 Å². The first kappa shape index (κ1) is 13.9. The van der Waals surface area contributed by atoms with Gasteiger partial charge in [0.25, 0.3) is 5.91 Å². The number of hydrogen-bond acceptors (Lipinski definition) is 5. The van der Waals surface area contributed by atoms with Crippen molar-refractivity contribution in [1.82, 2.24) is 20.5 Å². The molecule has 0 aliphatic heterocycles. The van der Waals surface area contributed by atoms with Crippen LogP contribution in [0.25, 0.3) is 0 Å². The SMILES string of the molecule is Cc1[nH]ncc1CNC(=O)c1ccnc(Cl)c1[N+](=O)[O-]. The van der Waals surface area contributed by atoms with Crippen LogP contribution in [0.1, 0.15) is 21.6 Å². The molecule has 0 aliphatic carbocycles. The third kappa shape index (κ3) is 2.75. The number of nitrogens with zero attached hydrogens (tertiary/aromatic N) is 3. The second kappa shape index (κ2) is 5.66. The van der Waals surface area contributed by atoms with E-state index in [1.807, 2.05) is 0 Å². The molecule has 2 aromatic heterocycles. The van der Waals surface area contributed by atoms with Gasteiger partial charge in [-0.2, -0.15) is 5.10 Å². The van der Waals surface area contributed by atoms with Crippen LogP contribution in [0.4, 0.5) is 5.69 Å². The lowest BCUT2D eigenvalue weighted by Crippen LogP contribution is -2.24. The minimum absolute atomic E-state index is 0.129. The summed E-state index contributed by atoms with van der Waals surface area (Å²) >= 11 is 5.65. The Morgan fingerprint density at radius 2 is 2.35 bits per heavy atom. The van der Waals surface area contributed by atoms with Crippen LogP contribution >= 0.6 is 11.6 Å². The molecule has 0 bridgehead atoms. The summed E-state index contributed by atoms with van der Waals surface area (Å²) in [6.45, 7) is 2.01. The van der Waals surface area contributed by atoms with E-state index in [1.54, 1.807) is 13.1 Å². The molecule has 9 heteroatoms. The molecule has 8 nitrogen and oxygen atoms in total. The molecule has 2 aromatic rings. The van der Waals surface area contributed by atoms with Crippen molar-refractivity contribution in [3.05, 3.63) is 50.5 Å². The number of aromatic amines is 1. The maximum atomic E-state index is 12.0. The molecule has 0 aliphatic rings. The minimum Gasteiger partial charge on any atom is -0.348 e. The van der Waals surface area contributed by atoms with Gasteiger partial charge in [0.2, 0.25) is 5.15 Å². The number of pyridine rings is 1. The van der Waals surface area contributed by atoms with Crippen molar-refractivity contribution in [2.45, 2.75) is 13.5 Å². The van der Waals surface area contributed by atoms with E-state index in [1.165, 1.54) is 12.3 Å². The third-order valence-corrected chi connectivity index (χ3v) is 2.96. The van der Waals surface area contributed by atoms with Crippen molar-refractivity contribution in [1.29, 1.82) is 0 Å². The number of aromatic nitrogens is 3. The van der Waals surface area contributed by atoms with Crippen LogP contribution in [0.3, 0.4) is 0 Å². The minimum atomic E-state index is -0.729. The molecule has 0 aromatic carbocycles. The van der Waals surface area contributed by atoms with Crippen LogP contribution in [-0.2, 0) is 6.54 Å². The highest BCUT2D eigenvalue weighted by atomic mass is 35.5. The molecule has 0 atom stereocenters. The van der Waals surface area contributed by atoms with Crippen LogP contribution in [-0.4, -0.2) is 26.0 Å². The average molecular weight is 296 g/mol. The van der Waals surface area contributed by atoms with E-state index in [2.05, 4.69) is 20.5 Å². The number of carbonyl (C=O) groups is 1. The molecule has 0 saturated carbocycles. The van der Waals surface area contributed by atoms with Gasteiger partial charge in [-0.25, -0.2) is 4.98 Å². The van der Waals surface area contributed by atoms with Gasteiger partial charge in [-0.3, -0.25) is 20.0 Å². The van der Waals surface area contributed by atoms with E-state index in [0.29, 0.717) is 0 Å². The molecule has 0 unspecified atom stereocenters. The molecule has 0 radical (unpaired) electrons. The van der Waals surface area contributed by atoms with Gasteiger partial charge in [-0.15, -0.1) is 0 Å². The normalized spacial score (nSPS) is 10.3. The van der Waals surface area contributed by atoms with E-state index in [4.69, 9.17) is 11.6 Å². The first-order valence-electron chi connectivity index (χ1n) is 5.56. The van der Waals surface area contributed by atoms with E-state index in [0.717, 1.165) is 11.3 Å². The summed E-state index contributed by atoms with van der Waals surface area (Å²) in [5.41, 5.74) is 0.973. The van der Waals surface area contributed by atoms with Crippen molar-refractivity contribution in [2.75, 3.05) is 0 Å². The molecule has 2 heterocycles. The Bertz CT molecular complexity index is 670. The van der Waals surface area contributed by atoms with Gasteiger partial charge in [0.05, 0.1) is 11.1 Å². The second-order valence-electron chi connectivity index (χ2n) is 3.96. The Morgan fingerprint density at radius 1 is 1.60 bits per heavy atom. The fourth-order valence-corrected chi connectivity index (χ4v) is 1.84. The zero-order valence-electron chi connectivity index (χ0n) is 10.4.